The Bertz CT molecular complexity index is 585. The van der Waals surface area contributed by atoms with Crippen molar-refractivity contribution in [2.75, 3.05) is 19.7 Å². The van der Waals surface area contributed by atoms with Crippen molar-refractivity contribution in [3.63, 3.8) is 0 Å². The molecule has 4 heteroatoms. The molecule has 0 saturated carbocycles. The Labute approximate surface area is 112 Å². The highest BCUT2D eigenvalue weighted by Gasteiger charge is 2.23. The smallest absolute Gasteiger partial charge is 0.0973 e. The number of fused-ring (bicyclic) bond motifs is 1. The van der Waals surface area contributed by atoms with Crippen molar-refractivity contribution in [1.82, 2.24) is 9.88 Å². The second kappa shape index (κ2) is 4.57. The molecule has 1 aromatic heterocycles. The molecule has 1 unspecified atom stereocenters. The van der Waals surface area contributed by atoms with E-state index in [1.165, 1.54) is 16.6 Å². The molecule has 1 N–H and O–H groups in total. The van der Waals surface area contributed by atoms with E-state index in [1.807, 2.05) is 12.1 Å². The first kappa shape index (κ1) is 12.0. The minimum absolute atomic E-state index is 0.126. The average molecular weight is 265 g/mol. The second-order valence-corrected chi connectivity index (χ2v) is 5.16. The highest BCUT2D eigenvalue weighted by Crippen LogP contribution is 2.35. The summed E-state index contributed by atoms with van der Waals surface area (Å²) in [7, 11) is 2.06. The number of ether oxygens (including phenoxy) is 1. The zero-order valence-electron chi connectivity index (χ0n) is 10.7. The van der Waals surface area contributed by atoms with Crippen LogP contribution in [0, 0.1) is 6.92 Å². The van der Waals surface area contributed by atoms with Gasteiger partial charge < -0.3 is 14.6 Å². The van der Waals surface area contributed by atoms with E-state index < -0.39 is 0 Å². The van der Waals surface area contributed by atoms with Crippen LogP contribution in [0.1, 0.15) is 17.4 Å². The van der Waals surface area contributed by atoms with Crippen molar-refractivity contribution in [2.45, 2.75) is 13.0 Å². The van der Waals surface area contributed by atoms with E-state index in [2.05, 4.69) is 29.9 Å². The minimum atomic E-state index is 0.126. The van der Waals surface area contributed by atoms with Gasteiger partial charge in [-0.05, 0) is 13.0 Å². The quantitative estimate of drug-likeness (QED) is 0.857. The first-order valence-electron chi connectivity index (χ1n) is 6.26. The maximum atomic E-state index is 6.31. The van der Waals surface area contributed by atoms with Gasteiger partial charge in [0.2, 0.25) is 0 Å². The van der Waals surface area contributed by atoms with E-state index in [0.717, 1.165) is 30.2 Å². The van der Waals surface area contributed by atoms with Gasteiger partial charge in [0.25, 0.3) is 0 Å². The van der Waals surface area contributed by atoms with Gasteiger partial charge in [0, 0.05) is 36.8 Å². The Morgan fingerprint density at radius 2 is 2.28 bits per heavy atom. The average Bonchev–Trinajstić information content (AvgIpc) is 2.64. The maximum Gasteiger partial charge on any atom is 0.0973 e. The molecule has 0 spiro atoms. The number of hydrogen-bond donors (Lipinski definition) is 1. The third-order valence-electron chi connectivity index (χ3n) is 3.75. The zero-order chi connectivity index (χ0) is 12.7. The van der Waals surface area contributed by atoms with Crippen molar-refractivity contribution >= 4 is 22.5 Å². The number of rotatable bonds is 1. The lowest BCUT2D eigenvalue weighted by molar-refractivity contribution is 0.0281. The van der Waals surface area contributed by atoms with Crippen LogP contribution in [0.4, 0.5) is 0 Å². The summed E-state index contributed by atoms with van der Waals surface area (Å²) in [6, 6.07) is 6.07. The van der Waals surface area contributed by atoms with Crippen molar-refractivity contribution in [3.8, 4) is 0 Å². The molecule has 1 atom stereocenters. The fourth-order valence-electron chi connectivity index (χ4n) is 2.77. The van der Waals surface area contributed by atoms with Gasteiger partial charge >= 0.3 is 0 Å². The SMILES string of the molecule is Cc1c(C2CNCCO2)c2cccc(Cl)c2n1C. The molecule has 3 nitrogen and oxygen atoms in total. The van der Waals surface area contributed by atoms with Gasteiger partial charge in [-0.3, -0.25) is 0 Å². The molecular weight excluding hydrogens is 248 g/mol. The first-order chi connectivity index (χ1) is 8.70. The predicted molar refractivity (Wildman–Crippen MR) is 74.2 cm³/mol. The molecule has 0 radical (unpaired) electrons. The van der Waals surface area contributed by atoms with Crippen LogP contribution in [0.15, 0.2) is 18.2 Å². The van der Waals surface area contributed by atoms with E-state index in [4.69, 9.17) is 16.3 Å². The van der Waals surface area contributed by atoms with Crippen molar-refractivity contribution in [2.24, 2.45) is 7.05 Å². The van der Waals surface area contributed by atoms with E-state index >= 15 is 0 Å². The molecular formula is C14H17ClN2O. The van der Waals surface area contributed by atoms with Gasteiger partial charge in [-0.1, -0.05) is 23.7 Å². The number of morpholine rings is 1. The molecule has 1 aliphatic rings. The highest BCUT2D eigenvalue weighted by atomic mass is 35.5. The maximum absolute atomic E-state index is 6.31. The minimum Gasteiger partial charge on any atom is -0.371 e. The molecule has 1 aromatic carbocycles. The standard InChI is InChI=1S/C14H17ClN2O/c1-9-13(12-8-16-6-7-18-12)10-4-3-5-11(15)14(10)17(9)2/h3-5,12,16H,6-8H2,1-2H3. The number of para-hydroxylation sites is 1. The van der Waals surface area contributed by atoms with Crippen molar-refractivity contribution < 1.29 is 4.74 Å². The number of hydrogen-bond acceptors (Lipinski definition) is 2. The van der Waals surface area contributed by atoms with Crippen LogP contribution < -0.4 is 5.32 Å². The van der Waals surface area contributed by atoms with Gasteiger partial charge in [0.15, 0.2) is 0 Å². The van der Waals surface area contributed by atoms with Gasteiger partial charge in [-0.25, -0.2) is 0 Å². The lowest BCUT2D eigenvalue weighted by Crippen LogP contribution is -2.33. The van der Waals surface area contributed by atoms with Gasteiger partial charge in [-0.15, -0.1) is 0 Å². The third-order valence-corrected chi connectivity index (χ3v) is 4.06. The Hall–Kier alpha value is -1.03. The summed E-state index contributed by atoms with van der Waals surface area (Å²) in [6.45, 7) is 4.69. The summed E-state index contributed by atoms with van der Waals surface area (Å²) in [6.07, 6.45) is 0.126. The molecule has 0 amide bonds. The van der Waals surface area contributed by atoms with Crippen LogP contribution in [0.25, 0.3) is 10.9 Å². The molecule has 3 rings (SSSR count). The number of aryl methyl sites for hydroxylation is 1. The second-order valence-electron chi connectivity index (χ2n) is 4.76. The van der Waals surface area contributed by atoms with Gasteiger partial charge in [0.05, 0.1) is 23.3 Å². The van der Waals surface area contributed by atoms with Crippen LogP contribution in [0.5, 0.6) is 0 Å². The number of aromatic nitrogens is 1. The van der Waals surface area contributed by atoms with E-state index in [9.17, 15) is 0 Å². The summed E-state index contributed by atoms with van der Waals surface area (Å²) in [5.74, 6) is 0. The molecule has 0 aliphatic carbocycles. The first-order valence-corrected chi connectivity index (χ1v) is 6.63. The fraction of sp³-hybridized carbons (Fsp3) is 0.429. The largest absolute Gasteiger partial charge is 0.371 e. The monoisotopic (exact) mass is 264 g/mol. The molecule has 18 heavy (non-hydrogen) atoms. The van der Waals surface area contributed by atoms with Crippen LogP contribution in [0.3, 0.4) is 0 Å². The molecule has 1 saturated heterocycles. The molecule has 96 valence electrons. The Morgan fingerprint density at radius 3 is 3.00 bits per heavy atom. The van der Waals surface area contributed by atoms with E-state index in [1.54, 1.807) is 0 Å². The fourth-order valence-corrected chi connectivity index (χ4v) is 3.08. The van der Waals surface area contributed by atoms with Crippen molar-refractivity contribution in [3.05, 3.63) is 34.5 Å². The predicted octanol–water partition coefficient (Wildman–Crippen LogP) is 2.80. The van der Waals surface area contributed by atoms with Crippen LogP contribution in [0.2, 0.25) is 5.02 Å². The van der Waals surface area contributed by atoms with E-state index in [-0.39, 0.29) is 6.10 Å². The Morgan fingerprint density at radius 1 is 1.44 bits per heavy atom. The molecule has 2 aromatic rings. The normalized spacial score (nSPS) is 20.5. The number of benzene rings is 1. The molecule has 1 aliphatic heterocycles. The zero-order valence-corrected chi connectivity index (χ0v) is 11.4. The summed E-state index contributed by atoms with van der Waals surface area (Å²) < 4.78 is 8.04. The van der Waals surface area contributed by atoms with Crippen molar-refractivity contribution in [1.29, 1.82) is 0 Å². The Balaban J connectivity index is 2.22. The van der Waals surface area contributed by atoms with E-state index in [0.29, 0.717) is 0 Å². The molecule has 2 heterocycles. The number of nitrogens with zero attached hydrogens (tertiary/aromatic N) is 1. The van der Waals surface area contributed by atoms with Gasteiger partial charge in [0.1, 0.15) is 0 Å². The third kappa shape index (κ3) is 1.74. The van der Waals surface area contributed by atoms with Crippen LogP contribution in [-0.2, 0) is 11.8 Å². The summed E-state index contributed by atoms with van der Waals surface area (Å²) >= 11 is 6.31. The number of nitrogens with one attached hydrogen (secondary N) is 1. The van der Waals surface area contributed by atoms with Gasteiger partial charge in [-0.2, -0.15) is 0 Å². The summed E-state index contributed by atoms with van der Waals surface area (Å²) in [5, 5.41) is 5.39. The topological polar surface area (TPSA) is 26.2 Å². The summed E-state index contributed by atoms with van der Waals surface area (Å²) in [4.78, 5) is 0. The molecule has 1 fully saturated rings. The number of halogens is 1. The Kier molecular flexibility index (Phi) is 3.06. The van der Waals surface area contributed by atoms with Crippen LogP contribution >= 0.6 is 11.6 Å². The lowest BCUT2D eigenvalue weighted by atomic mass is 10.0. The highest BCUT2D eigenvalue weighted by molar-refractivity contribution is 6.35. The lowest BCUT2D eigenvalue weighted by Gasteiger charge is -2.24. The van der Waals surface area contributed by atoms with Crippen LogP contribution in [-0.4, -0.2) is 24.3 Å². The molecule has 0 bridgehead atoms. The summed E-state index contributed by atoms with van der Waals surface area (Å²) in [5.41, 5.74) is 3.59.